The van der Waals surface area contributed by atoms with Crippen molar-refractivity contribution in [2.24, 2.45) is 0 Å². The van der Waals surface area contributed by atoms with Crippen LogP contribution in [0.4, 0.5) is 5.69 Å². The maximum absolute atomic E-state index is 12.1. The molecular formula is C15H17N3O3. The molecule has 1 aromatic carbocycles. The van der Waals surface area contributed by atoms with Gasteiger partial charge < -0.3 is 14.8 Å². The van der Waals surface area contributed by atoms with E-state index >= 15 is 0 Å². The van der Waals surface area contributed by atoms with Crippen molar-refractivity contribution in [3.8, 4) is 11.6 Å². The molecule has 1 heterocycles. The van der Waals surface area contributed by atoms with Crippen molar-refractivity contribution in [3.63, 3.8) is 0 Å². The summed E-state index contributed by atoms with van der Waals surface area (Å²) in [4.78, 5) is 12.1. The van der Waals surface area contributed by atoms with Crippen molar-refractivity contribution >= 4 is 11.6 Å². The molecule has 0 spiro atoms. The topological polar surface area (TPSA) is 73.3 Å². The smallest absolute Gasteiger partial charge is 0.276 e. The highest BCUT2D eigenvalue weighted by Crippen LogP contribution is 2.24. The third-order valence-electron chi connectivity index (χ3n) is 2.60. The highest BCUT2D eigenvalue weighted by Gasteiger charge is 2.11. The minimum Gasteiger partial charge on any atom is -0.492 e. The van der Waals surface area contributed by atoms with Gasteiger partial charge in [0.25, 0.3) is 5.91 Å². The summed E-state index contributed by atoms with van der Waals surface area (Å²) >= 11 is 0. The lowest BCUT2D eigenvalue weighted by Gasteiger charge is -2.10. The largest absolute Gasteiger partial charge is 0.492 e. The number of rotatable bonds is 6. The number of hydrogen-bond donors (Lipinski definition) is 1. The van der Waals surface area contributed by atoms with E-state index in [1.165, 1.54) is 0 Å². The Labute approximate surface area is 123 Å². The summed E-state index contributed by atoms with van der Waals surface area (Å²) in [6, 6.07) is 10.4. The number of carbonyl (C=O) groups excluding carboxylic acids is 1. The second-order valence-corrected chi connectivity index (χ2v) is 4.07. The molecule has 1 N–H and O–H groups in total. The molecule has 1 aromatic heterocycles. The summed E-state index contributed by atoms with van der Waals surface area (Å²) in [6.07, 6.45) is 0. The van der Waals surface area contributed by atoms with Crippen LogP contribution in [-0.2, 0) is 0 Å². The van der Waals surface area contributed by atoms with Crippen LogP contribution in [0.3, 0.4) is 0 Å². The predicted molar refractivity (Wildman–Crippen MR) is 78.8 cm³/mol. The zero-order chi connectivity index (χ0) is 15.1. The van der Waals surface area contributed by atoms with Crippen LogP contribution in [0.15, 0.2) is 36.4 Å². The van der Waals surface area contributed by atoms with Crippen LogP contribution in [0, 0.1) is 0 Å². The minimum atomic E-state index is -0.349. The molecule has 0 fully saturated rings. The predicted octanol–water partition coefficient (Wildman–Crippen LogP) is 2.53. The fourth-order valence-electron chi connectivity index (χ4n) is 1.70. The number of nitrogens with zero attached hydrogens (tertiary/aromatic N) is 2. The van der Waals surface area contributed by atoms with Crippen molar-refractivity contribution in [1.29, 1.82) is 0 Å². The molecule has 0 saturated carbocycles. The van der Waals surface area contributed by atoms with E-state index < -0.39 is 0 Å². The van der Waals surface area contributed by atoms with Crippen molar-refractivity contribution in [2.45, 2.75) is 13.8 Å². The summed E-state index contributed by atoms with van der Waals surface area (Å²) in [7, 11) is 0. The first-order valence-electron chi connectivity index (χ1n) is 6.74. The Morgan fingerprint density at radius 1 is 1.05 bits per heavy atom. The second-order valence-electron chi connectivity index (χ2n) is 4.07. The van der Waals surface area contributed by atoms with Crippen molar-refractivity contribution < 1.29 is 14.3 Å². The molecule has 0 aliphatic carbocycles. The summed E-state index contributed by atoms with van der Waals surface area (Å²) in [5, 5.41) is 10.4. The van der Waals surface area contributed by atoms with Gasteiger partial charge in [-0.1, -0.05) is 12.1 Å². The molecule has 0 unspecified atom stereocenters. The molecule has 0 aliphatic rings. The molecular weight excluding hydrogens is 270 g/mol. The maximum Gasteiger partial charge on any atom is 0.276 e. The number of ether oxygens (including phenoxy) is 2. The molecule has 1 amide bonds. The molecule has 2 rings (SSSR count). The first-order chi connectivity index (χ1) is 10.2. The number of nitrogens with one attached hydrogen (secondary N) is 1. The Kier molecular flexibility index (Phi) is 5.09. The number of hydrogen-bond acceptors (Lipinski definition) is 5. The van der Waals surface area contributed by atoms with Gasteiger partial charge in [0, 0.05) is 6.07 Å². The summed E-state index contributed by atoms with van der Waals surface area (Å²) in [6.45, 7) is 4.77. The van der Waals surface area contributed by atoms with Gasteiger partial charge in [0.1, 0.15) is 5.75 Å². The standard InChI is InChI=1S/C15H17N3O3/c1-3-20-13-8-6-5-7-11(13)16-15(19)12-9-10-14(18-17-12)21-4-2/h5-10H,3-4H2,1-2H3,(H,16,19). The normalized spacial score (nSPS) is 10.0. The van der Waals surface area contributed by atoms with Gasteiger partial charge in [-0.15, -0.1) is 10.2 Å². The molecule has 0 radical (unpaired) electrons. The first kappa shape index (κ1) is 14.8. The van der Waals surface area contributed by atoms with Crippen LogP contribution < -0.4 is 14.8 Å². The lowest BCUT2D eigenvalue weighted by molar-refractivity contribution is 0.102. The van der Waals surface area contributed by atoms with E-state index in [0.29, 0.717) is 30.5 Å². The summed E-state index contributed by atoms with van der Waals surface area (Å²) in [5.74, 6) is 0.661. The third kappa shape index (κ3) is 3.92. The molecule has 6 nitrogen and oxygen atoms in total. The highest BCUT2D eigenvalue weighted by molar-refractivity contribution is 6.03. The number of amides is 1. The number of carbonyl (C=O) groups is 1. The van der Waals surface area contributed by atoms with E-state index in [1.807, 2.05) is 26.0 Å². The van der Waals surface area contributed by atoms with Crippen LogP contribution in [-0.4, -0.2) is 29.3 Å². The molecule has 0 bridgehead atoms. The van der Waals surface area contributed by atoms with Crippen LogP contribution in [0.2, 0.25) is 0 Å². The van der Waals surface area contributed by atoms with E-state index in [9.17, 15) is 4.79 Å². The molecule has 6 heteroatoms. The van der Waals surface area contributed by atoms with Gasteiger partial charge in [-0.25, -0.2) is 0 Å². The maximum atomic E-state index is 12.1. The second kappa shape index (κ2) is 7.23. The Bertz CT molecular complexity index is 599. The number of benzene rings is 1. The Balaban J connectivity index is 2.10. The molecule has 0 aliphatic heterocycles. The van der Waals surface area contributed by atoms with Crippen LogP contribution in [0.25, 0.3) is 0 Å². The Hall–Kier alpha value is -2.63. The molecule has 110 valence electrons. The van der Waals surface area contributed by atoms with E-state index in [2.05, 4.69) is 15.5 Å². The van der Waals surface area contributed by atoms with Crippen LogP contribution >= 0.6 is 0 Å². The Morgan fingerprint density at radius 3 is 2.48 bits per heavy atom. The molecule has 21 heavy (non-hydrogen) atoms. The zero-order valence-corrected chi connectivity index (χ0v) is 12.0. The van der Waals surface area contributed by atoms with Crippen LogP contribution in [0.5, 0.6) is 11.6 Å². The first-order valence-corrected chi connectivity index (χ1v) is 6.74. The summed E-state index contributed by atoms with van der Waals surface area (Å²) < 4.78 is 10.6. The molecule has 2 aromatic rings. The fraction of sp³-hybridized carbons (Fsp3) is 0.267. The zero-order valence-electron chi connectivity index (χ0n) is 12.0. The summed E-state index contributed by atoms with van der Waals surface area (Å²) in [5.41, 5.74) is 0.810. The average Bonchev–Trinajstić information content (AvgIpc) is 2.50. The van der Waals surface area contributed by atoms with Gasteiger partial charge in [0.05, 0.1) is 18.9 Å². The van der Waals surface area contributed by atoms with E-state index in [-0.39, 0.29) is 11.6 Å². The van der Waals surface area contributed by atoms with Gasteiger partial charge in [0.15, 0.2) is 5.69 Å². The Morgan fingerprint density at radius 2 is 1.81 bits per heavy atom. The van der Waals surface area contributed by atoms with E-state index in [0.717, 1.165) is 0 Å². The number of anilines is 1. The van der Waals surface area contributed by atoms with Gasteiger partial charge in [0.2, 0.25) is 5.88 Å². The van der Waals surface area contributed by atoms with E-state index in [1.54, 1.807) is 24.3 Å². The average molecular weight is 287 g/mol. The van der Waals surface area contributed by atoms with Gasteiger partial charge in [-0.05, 0) is 32.0 Å². The fourth-order valence-corrected chi connectivity index (χ4v) is 1.70. The third-order valence-corrected chi connectivity index (χ3v) is 2.60. The number of aromatic nitrogens is 2. The lowest BCUT2D eigenvalue weighted by atomic mass is 10.2. The lowest BCUT2D eigenvalue weighted by Crippen LogP contribution is -2.15. The van der Waals surface area contributed by atoms with Crippen molar-refractivity contribution in [2.75, 3.05) is 18.5 Å². The molecule has 0 saturated heterocycles. The van der Waals surface area contributed by atoms with Gasteiger partial charge >= 0.3 is 0 Å². The van der Waals surface area contributed by atoms with Gasteiger partial charge in [-0.2, -0.15) is 0 Å². The van der Waals surface area contributed by atoms with E-state index in [4.69, 9.17) is 9.47 Å². The van der Waals surface area contributed by atoms with Crippen molar-refractivity contribution in [3.05, 3.63) is 42.1 Å². The number of para-hydroxylation sites is 2. The van der Waals surface area contributed by atoms with Gasteiger partial charge in [-0.3, -0.25) is 4.79 Å². The molecule has 0 atom stereocenters. The SMILES string of the molecule is CCOc1ccc(C(=O)Nc2ccccc2OCC)nn1. The highest BCUT2D eigenvalue weighted by atomic mass is 16.5. The minimum absolute atomic E-state index is 0.213. The van der Waals surface area contributed by atoms with Crippen molar-refractivity contribution in [1.82, 2.24) is 10.2 Å². The van der Waals surface area contributed by atoms with Crippen LogP contribution in [0.1, 0.15) is 24.3 Å². The monoisotopic (exact) mass is 287 g/mol. The quantitative estimate of drug-likeness (QED) is 0.883.